The van der Waals surface area contributed by atoms with Gasteiger partial charge >= 0.3 is 0 Å². The van der Waals surface area contributed by atoms with Gasteiger partial charge in [-0.1, -0.05) is 25.1 Å². The fourth-order valence-corrected chi connectivity index (χ4v) is 3.39. The van der Waals surface area contributed by atoms with Gasteiger partial charge < -0.3 is 14.8 Å². The molecule has 8 heteroatoms. The first kappa shape index (κ1) is 21.7. The van der Waals surface area contributed by atoms with Crippen molar-refractivity contribution < 1.29 is 22.7 Å². The largest absolute Gasteiger partial charge is 0.497 e. The molecule has 0 spiro atoms. The highest BCUT2D eigenvalue weighted by molar-refractivity contribution is 7.89. The maximum Gasteiger partial charge on any atom is 0.238 e. The number of sulfonamides is 1. The SMILES string of the molecule is COc1ccc(C(C)CC(=O)NCCc2ccc(S(N)(=O)=O)cc2)c(OC)c1. The Morgan fingerprint density at radius 3 is 2.36 bits per heavy atom. The molecule has 0 saturated carbocycles. The Morgan fingerprint density at radius 2 is 1.79 bits per heavy atom. The van der Waals surface area contributed by atoms with Crippen molar-refractivity contribution in [2.45, 2.75) is 30.6 Å². The molecule has 152 valence electrons. The van der Waals surface area contributed by atoms with Gasteiger partial charge in [0.1, 0.15) is 11.5 Å². The predicted molar refractivity (Wildman–Crippen MR) is 107 cm³/mol. The van der Waals surface area contributed by atoms with Crippen LogP contribution in [0.5, 0.6) is 11.5 Å². The van der Waals surface area contributed by atoms with Crippen LogP contribution in [0.2, 0.25) is 0 Å². The van der Waals surface area contributed by atoms with E-state index >= 15 is 0 Å². The second-order valence-corrected chi connectivity index (χ2v) is 8.06. The summed E-state index contributed by atoms with van der Waals surface area (Å²) in [6.45, 7) is 2.43. The molecule has 3 N–H and O–H groups in total. The Hall–Kier alpha value is -2.58. The van der Waals surface area contributed by atoms with Gasteiger partial charge in [-0.3, -0.25) is 4.79 Å². The van der Waals surface area contributed by atoms with Crippen molar-refractivity contribution in [3.8, 4) is 11.5 Å². The van der Waals surface area contributed by atoms with E-state index in [0.29, 0.717) is 30.9 Å². The van der Waals surface area contributed by atoms with Crippen molar-refractivity contribution in [2.24, 2.45) is 5.14 Å². The lowest BCUT2D eigenvalue weighted by Crippen LogP contribution is -2.26. The third-order valence-corrected chi connectivity index (χ3v) is 5.38. The summed E-state index contributed by atoms with van der Waals surface area (Å²) in [6.07, 6.45) is 0.921. The highest BCUT2D eigenvalue weighted by atomic mass is 32.2. The fraction of sp³-hybridized carbons (Fsp3) is 0.350. The molecule has 0 radical (unpaired) electrons. The highest BCUT2D eigenvalue weighted by Gasteiger charge is 2.16. The third-order valence-electron chi connectivity index (χ3n) is 4.45. The van der Waals surface area contributed by atoms with Crippen LogP contribution in [0.1, 0.15) is 30.4 Å². The molecule has 28 heavy (non-hydrogen) atoms. The number of hydrogen-bond donors (Lipinski definition) is 2. The number of nitrogens with two attached hydrogens (primary N) is 1. The first-order chi connectivity index (χ1) is 13.2. The van der Waals surface area contributed by atoms with E-state index in [0.717, 1.165) is 11.1 Å². The molecule has 0 heterocycles. The smallest absolute Gasteiger partial charge is 0.238 e. The second-order valence-electron chi connectivity index (χ2n) is 6.50. The van der Waals surface area contributed by atoms with E-state index in [2.05, 4.69) is 5.32 Å². The molecular weight excluding hydrogens is 380 g/mol. The zero-order chi connectivity index (χ0) is 20.7. The van der Waals surface area contributed by atoms with Gasteiger partial charge in [-0.25, -0.2) is 13.6 Å². The van der Waals surface area contributed by atoms with Crippen molar-refractivity contribution in [3.63, 3.8) is 0 Å². The zero-order valence-electron chi connectivity index (χ0n) is 16.3. The first-order valence-electron chi connectivity index (χ1n) is 8.85. The van der Waals surface area contributed by atoms with E-state index in [1.807, 2.05) is 19.1 Å². The minimum atomic E-state index is -3.69. The van der Waals surface area contributed by atoms with Crippen LogP contribution in [-0.2, 0) is 21.2 Å². The van der Waals surface area contributed by atoms with Crippen LogP contribution in [0.4, 0.5) is 0 Å². The number of hydrogen-bond acceptors (Lipinski definition) is 5. The zero-order valence-corrected chi connectivity index (χ0v) is 17.1. The van der Waals surface area contributed by atoms with Crippen molar-refractivity contribution in [1.29, 1.82) is 0 Å². The Bertz CT molecular complexity index is 911. The van der Waals surface area contributed by atoms with E-state index in [4.69, 9.17) is 14.6 Å². The van der Waals surface area contributed by atoms with E-state index in [1.165, 1.54) is 12.1 Å². The van der Waals surface area contributed by atoms with Crippen LogP contribution >= 0.6 is 0 Å². The lowest BCUT2D eigenvalue weighted by Gasteiger charge is -2.16. The lowest BCUT2D eigenvalue weighted by atomic mass is 9.96. The summed E-state index contributed by atoms with van der Waals surface area (Å²) in [5.74, 6) is 1.31. The van der Waals surface area contributed by atoms with Crippen LogP contribution in [0.3, 0.4) is 0 Å². The molecule has 0 aliphatic carbocycles. The van der Waals surface area contributed by atoms with E-state index in [-0.39, 0.29) is 16.7 Å². The molecule has 0 aromatic heterocycles. The average Bonchev–Trinajstić information content (AvgIpc) is 2.67. The average molecular weight is 407 g/mol. The number of benzene rings is 2. The summed E-state index contributed by atoms with van der Waals surface area (Å²) in [7, 11) is -0.511. The summed E-state index contributed by atoms with van der Waals surface area (Å²) in [5, 5.41) is 7.97. The summed E-state index contributed by atoms with van der Waals surface area (Å²) in [5.41, 5.74) is 1.86. The minimum Gasteiger partial charge on any atom is -0.497 e. The quantitative estimate of drug-likeness (QED) is 0.664. The minimum absolute atomic E-state index is 0.0186. The van der Waals surface area contributed by atoms with Crippen molar-refractivity contribution in [1.82, 2.24) is 5.32 Å². The number of methoxy groups -OCH3 is 2. The number of rotatable bonds is 9. The highest BCUT2D eigenvalue weighted by Crippen LogP contribution is 2.32. The molecule has 1 amide bonds. The number of carbonyl (C=O) groups excluding carboxylic acids is 1. The summed E-state index contributed by atoms with van der Waals surface area (Å²) in [6, 6.07) is 11.9. The molecule has 7 nitrogen and oxygen atoms in total. The van der Waals surface area contributed by atoms with Crippen LogP contribution in [0, 0.1) is 0 Å². The Balaban J connectivity index is 1.87. The monoisotopic (exact) mass is 406 g/mol. The maximum atomic E-state index is 12.3. The number of ether oxygens (including phenoxy) is 2. The van der Waals surface area contributed by atoms with Crippen molar-refractivity contribution in [2.75, 3.05) is 20.8 Å². The standard InChI is InChI=1S/C20H26N2O5S/c1-14(18-9-6-16(26-2)13-19(18)27-3)12-20(23)22-11-10-15-4-7-17(8-5-15)28(21,24)25/h4-9,13-14H,10-12H2,1-3H3,(H,22,23)(H2,21,24,25). The van der Waals surface area contributed by atoms with Crippen LogP contribution in [-0.4, -0.2) is 35.1 Å². The molecule has 0 fully saturated rings. The molecule has 1 atom stereocenters. The third kappa shape index (κ3) is 5.97. The van der Waals surface area contributed by atoms with Crippen LogP contribution in [0.15, 0.2) is 47.4 Å². The molecule has 2 rings (SSSR count). The molecular formula is C20H26N2O5S. The molecule has 1 unspecified atom stereocenters. The van der Waals surface area contributed by atoms with Gasteiger partial charge in [0.15, 0.2) is 0 Å². The molecule has 0 aliphatic rings. The lowest BCUT2D eigenvalue weighted by molar-refractivity contribution is -0.121. The molecule has 2 aromatic carbocycles. The Labute approximate surface area is 165 Å². The summed E-state index contributed by atoms with van der Waals surface area (Å²) in [4.78, 5) is 12.3. The first-order valence-corrected chi connectivity index (χ1v) is 10.4. The number of carbonyl (C=O) groups is 1. The molecule has 0 saturated heterocycles. The summed E-state index contributed by atoms with van der Waals surface area (Å²) >= 11 is 0. The van der Waals surface area contributed by atoms with Crippen LogP contribution in [0.25, 0.3) is 0 Å². The molecule has 0 bridgehead atoms. The Kier molecular flexibility index (Phi) is 7.42. The molecule has 2 aromatic rings. The van der Waals surface area contributed by atoms with Crippen LogP contribution < -0.4 is 19.9 Å². The number of nitrogens with one attached hydrogen (secondary N) is 1. The van der Waals surface area contributed by atoms with E-state index in [9.17, 15) is 13.2 Å². The number of amides is 1. The van der Waals surface area contributed by atoms with Crippen molar-refractivity contribution >= 4 is 15.9 Å². The van der Waals surface area contributed by atoms with Crippen molar-refractivity contribution in [3.05, 3.63) is 53.6 Å². The van der Waals surface area contributed by atoms with E-state index in [1.54, 1.807) is 32.4 Å². The van der Waals surface area contributed by atoms with Gasteiger partial charge in [0.2, 0.25) is 15.9 Å². The van der Waals surface area contributed by atoms with Gasteiger partial charge in [-0.2, -0.15) is 0 Å². The maximum absolute atomic E-state index is 12.3. The normalized spacial score (nSPS) is 12.3. The fourth-order valence-electron chi connectivity index (χ4n) is 2.88. The van der Waals surface area contributed by atoms with Gasteiger partial charge in [-0.15, -0.1) is 0 Å². The second kappa shape index (κ2) is 9.57. The van der Waals surface area contributed by atoms with Gasteiger partial charge in [0.25, 0.3) is 0 Å². The molecule has 0 aliphatic heterocycles. The topological polar surface area (TPSA) is 108 Å². The van der Waals surface area contributed by atoms with Gasteiger partial charge in [-0.05, 0) is 41.7 Å². The Morgan fingerprint density at radius 1 is 1.11 bits per heavy atom. The number of primary sulfonamides is 1. The van der Waals surface area contributed by atoms with E-state index < -0.39 is 10.0 Å². The van der Waals surface area contributed by atoms with Gasteiger partial charge in [0, 0.05) is 19.0 Å². The predicted octanol–water partition coefficient (Wildman–Crippen LogP) is 2.20. The summed E-state index contributed by atoms with van der Waals surface area (Å²) < 4.78 is 33.1. The van der Waals surface area contributed by atoms with Gasteiger partial charge in [0.05, 0.1) is 19.1 Å².